The molecule has 21 heavy (non-hydrogen) atoms. The lowest BCUT2D eigenvalue weighted by atomic mass is 10.3. The average Bonchev–Trinajstić information content (AvgIpc) is 2.92. The molecule has 3 N–H and O–H groups in total. The Kier molecular flexibility index (Phi) is 4.29. The third-order valence-electron chi connectivity index (χ3n) is 2.68. The summed E-state index contributed by atoms with van der Waals surface area (Å²) in [6.45, 7) is 0.107. The Bertz CT molecular complexity index is 734. The molecule has 112 valence electrons. The first-order valence-corrected chi connectivity index (χ1v) is 7.80. The lowest BCUT2D eigenvalue weighted by Gasteiger charge is -2.04. The van der Waals surface area contributed by atoms with Crippen molar-refractivity contribution in [1.82, 2.24) is 5.43 Å². The summed E-state index contributed by atoms with van der Waals surface area (Å²) in [4.78, 5) is 11.5. The van der Waals surface area contributed by atoms with E-state index in [-0.39, 0.29) is 11.5 Å². The molecule has 0 aliphatic carbocycles. The lowest BCUT2D eigenvalue weighted by molar-refractivity contribution is 0.0953. The Labute approximate surface area is 121 Å². The number of hydrazine groups is 1. The number of sulfone groups is 1. The molecule has 0 aliphatic rings. The van der Waals surface area contributed by atoms with Crippen molar-refractivity contribution >= 4 is 15.7 Å². The van der Waals surface area contributed by atoms with Crippen LogP contribution in [0.3, 0.4) is 0 Å². The smallest absolute Gasteiger partial charge is 0.268 e. The van der Waals surface area contributed by atoms with Crippen LogP contribution in [0.1, 0.15) is 16.1 Å². The van der Waals surface area contributed by atoms with Crippen LogP contribution in [0, 0.1) is 0 Å². The Morgan fingerprint density at radius 3 is 2.57 bits per heavy atom. The van der Waals surface area contributed by atoms with E-state index in [0.29, 0.717) is 17.1 Å². The number of carbonyl (C=O) groups is 1. The quantitative estimate of drug-likeness (QED) is 0.481. The highest BCUT2D eigenvalue weighted by molar-refractivity contribution is 7.90. The maximum atomic E-state index is 11.3. The summed E-state index contributed by atoms with van der Waals surface area (Å²) >= 11 is 0. The number of rotatable bonds is 5. The SMILES string of the molecule is CS(=O)(=O)c1ccc(OCc2cc(C(=O)NN)co2)cc1. The van der Waals surface area contributed by atoms with Crippen molar-refractivity contribution in [2.45, 2.75) is 11.5 Å². The van der Waals surface area contributed by atoms with Crippen molar-refractivity contribution in [2.24, 2.45) is 5.84 Å². The van der Waals surface area contributed by atoms with Crippen molar-refractivity contribution in [3.8, 4) is 5.75 Å². The molecule has 1 aromatic carbocycles. The van der Waals surface area contributed by atoms with Gasteiger partial charge in [-0.15, -0.1) is 0 Å². The summed E-state index contributed by atoms with van der Waals surface area (Å²) in [5, 5.41) is 0. The molecule has 0 bridgehead atoms. The van der Waals surface area contributed by atoms with Crippen LogP contribution in [0.4, 0.5) is 0 Å². The van der Waals surface area contributed by atoms with Gasteiger partial charge in [-0.2, -0.15) is 0 Å². The van der Waals surface area contributed by atoms with E-state index in [1.165, 1.54) is 24.5 Å². The van der Waals surface area contributed by atoms with E-state index in [1.54, 1.807) is 12.1 Å². The molecule has 0 aliphatic heterocycles. The number of nitrogen functional groups attached to an aromatic ring is 1. The first-order chi connectivity index (χ1) is 9.90. The number of ether oxygens (including phenoxy) is 1. The van der Waals surface area contributed by atoms with E-state index < -0.39 is 15.7 Å². The van der Waals surface area contributed by atoms with E-state index in [2.05, 4.69) is 0 Å². The maximum absolute atomic E-state index is 11.3. The first-order valence-electron chi connectivity index (χ1n) is 5.91. The van der Waals surface area contributed by atoms with Crippen molar-refractivity contribution in [1.29, 1.82) is 0 Å². The molecule has 2 rings (SSSR count). The average molecular weight is 310 g/mol. The largest absolute Gasteiger partial charge is 0.486 e. The van der Waals surface area contributed by atoms with Crippen LogP contribution in [0.2, 0.25) is 0 Å². The minimum Gasteiger partial charge on any atom is -0.486 e. The predicted octanol–water partition coefficient (Wildman–Crippen LogP) is 0.866. The molecule has 0 atom stereocenters. The normalized spacial score (nSPS) is 11.1. The Morgan fingerprint density at radius 2 is 2.00 bits per heavy atom. The summed E-state index contributed by atoms with van der Waals surface area (Å²) in [6, 6.07) is 7.52. The van der Waals surface area contributed by atoms with Gasteiger partial charge in [-0.05, 0) is 30.3 Å². The molecule has 0 saturated carbocycles. The number of hydrogen-bond acceptors (Lipinski definition) is 6. The number of benzene rings is 1. The number of nitrogens with two attached hydrogens (primary N) is 1. The van der Waals surface area contributed by atoms with E-state index in [0.717, 1.165) is 6.26 Å². The van der Waals surface area contributed by atoms with Gasteiger partial charge in [0.1, 0.15) is 24.4 Å². The molecule has 1 aromatic heterocycles. The number of nitrogens with one attached hydrogen (secondary N) is 1. The number of amides is 1. The summed E-state index contributed by atoms with van der Waals surface area (Å²) in [6.07, 6.45) is 2.41. The van der Waals surface area contributed by atoms with Crippen LogP contribution in [0.25, 0.3) is 0 Å². The van der Waals surface area contributed by atoms with Crippen LogP contribution in [-0.4, -0.2) is 20.6 Å². The molecule has 8 heteroatoms. The Morgan fingerprint density at radius 1 is 1.33 bits per heavy atom. The fraction of sp³-hybridized carbons (Fsp3) is 0.154. The van der Waals surface area contributed by atoms with E-state index in [1.807, 2.05) is 5.43 Å². The van der Waals surface area contributed by atoms with E-state index in [9.17, 15) is 13.2 Å². The summed E-state index contributed by atoms with van der Waals surface area (Å²) in [7, 11) is -3.23. The molecule has 0 fully saturated rings. The second kappa shape index (κ2) is 5.98. The number of furan rings is 1. The number of carbonyl (C=O) groups excluding carboxylic acids is 1. The minimum atomic E-state index is -3.23. The summed E-state index contributed by atoms with van der Waals surface area (Å²) in [5.74, 6) is 5.48. The first kappa shape index (κ1) is 15.1. The third kappa shape index (κ3) is 3.83. The van der Waals surface area contributed by atoms with Gasteiger partial charge in [-0.25, -0.2) is 14.3 Å². The van der Waals surface area contributed by atoms with Gasteiger partial charge in [0.2, 0.25) is 0 Å². The van der Waals surface area contributed by atoms with Crippen LogP contribution in [0.15, 0.2) is 45.9 Å². The van der Waals surface area contributed by atoms with Crippen LogP contribution >= 0.6 is 0 Å². The molecule has 2 aromatic rings. The topological polar surface area (TPSA) is 112 Å². The van der Waals surface area contributed by atoms with E-state index >= 15 is 0 Å². The second-order valence-electron chi connectivity index (χ2n) is 4.31. The summed E-state index contributed by atoms with van der Waals surface area (Å²) in [5.41, 5.74) is 2.29. The zero-order valence-corrected chi connectivity index (χ0v) is 12.0. The lowest BCUT2D eigenvalue weighted by Crippen LogP contribution is -2.29. The number of hydrogen-bond donors (Lipinski definition) is 2. The van der Waals surface area contributed by atoms with Gasteiger partial charge >= 0.3 is 0 Å². The third-order valence-corrected chi connectivity index (χ3v) is 3.81. The van der Waals surface area contributed by atoms with Crippen LogP contribution in [-0.2, 0) is 16.4 Å². The predicted molar refractivity (Wildman–Crippen MR) is 74.2 cm³/mol. The molecule has 0 spiro atoms. The van der Waals surface area contributed by atoms with Gasteiger partial charge in [0.15, 0.2) is 9.84 Å². The van der Waals surface area contributed by atoms with Crippen molar-refractivity contribution < 1.29 is 22.4 Å². The molecule has 1 heterocycles. The van der Waals surface area contributed by atoms with Crippen molar-refractivity contribution in [3.63, 3.8) is 0 Å². The molecular weight excluding hydrogens is 296 g/mol. The molecule has 0 radical (unpaired) electrons. The second-order valence-corrected chi connectivity index (χ2v) is 6.32. The monoisotopic (exact) mass is 310 g/mol. The van der Waals surface area contributed by atoms with Crippen LogP contribution in [0.5, 0.6) is 5.75 Å². The van der Waals surface area contributed by atoms with Crippen molar-refractivity contribution in [2.75, 3.05) is 6.26 Å². The molecule has 1 amide bonds. The minimum absolute atomic E-state index is 0.107. The van der Waals surface area contributed by atoms with Gasteiger partial charge < -0.3 is 9.15 Å². The fourth-order valence-electron chi connectivity index (χ4n) is 1.60. The van der Waals surface area contributed by atoms with Crippen LogP contribution < -0.4 is 16.0 Å². The molecule has 0 unspecified atom stereocenters. The van der Waals surface area contributed by atoms with Crippen molar-refractivity contribution in [3.05, 3.63) is 47.9 Å². The van der Waals surface area contributed by atoms with Gasteiger partial charge in [0, 0.05) is 6.26 Å². The zero-order chi connectivity index (χ0) is 15.5. The van der Waals surface area contributed by atoms with Gasteiger partial charge in [0.25, 0.3) is 5.91 Å². The van der Waals surface area contributed by atoms with Gasteiger partial charge in [-0.1, -0.05) is 0 Å². The Hall–Kier alpha value is -2.32. The highest BCUT2D eigenvalue weighted by atomic mass is 32.2. The fourth-order valence-corrected chi connectivity index (χ4v) is 2.23. The summed E-state index contributed by atoms with van der Waals surface area (Å²) < 4.78 is 33.2. The highest BCUT2D eigenvalue weighted by Gasteiger charge is 2.10. The molecule has 7 nitrogen and oxygen atoms in total. The zero-order valence-electron chi connectivity index (χ0n) is 11.2. The van der Waals surface area contributed by atoms with E-state index in [4.69, 9.17) is 15.0 Å². The Balaban J connectivity index is 2.00. The van der Waals surface area contributed by atoms with Gasteiger partial charge in [0.05, 0.1) is 10.5 Å². The standard InChI is InChI=1S/C13H14N2O5S/c1-21(17,18)12-4-2-10(3-5-12)20-8-11-6-9(7-19-11)13(16)15-14/h2-7H,8,14H2,1H3,(H,15,16). The van der Waals surface area contributed by atoms with Gasteiger partial charge in [-0.3, -0.25) is 10.2 Å². The highest BCUT2D eigenvalue weighted by Crippen LogP contribution is 2.17. The molecule has 0 saturated heterocycles. The maximum Gasteiger partial charge on any atom is 0.268 e. The molecular formula is C13H14N2O5S.